The Morgan fingerprint density at radius 1 is 1.13 bits per heavy atom. The van der Waals surface area contributed by atoms with Crippen LogP contribution in [0.2, 0.25) is 0 Å². The predicted octanol–water partition coefficient (Wildman–Crippen LogP) is 2.51. The Bertz CT molecular complexity index is 1400. The molecule has 31 heavy (non-hydrogen) atoms. The molecule has 0 aliphatic heterocycles. The van der Waals surface area contributed by atoms with Gasteiger partial charge in [-0.25, -0.2) is 4.79 Å². The summed E-state index contributed by atoms with van der Waals surface area (Å²) in [6.45, 7) is 6.43. The summed E-state index contributed by atoms with van der Waals surface area (Å²) in [6, 6.07) is 5.49. The average Bonchev–Trinajstić information content (AvgIpc) is 3.25. The molecule has 3 heterocycles. The van der Waals surface area contributed by atoms with Crippen LogP contribution in [0.3, 0.4) is 0 Å². The summed E-state index contributed by atoms with van der Waals surface area (Å²) in [4.78, 5) is 30.8. The molecule has 1 aromatic carbocycles. The fraction of sp³-hybridized carbons (Fsp3) is 0.409. The highest BCUT2D eigenvalue weighted by molar-refractivity contribution is 5.77. The molecular weight excluding hydrogens is 398 g/mol. The Morgan fingerprint density at radius 2 is 1.87 bits per heavy atom. The molecule has 0 aliphatic rings. The highest BCUT2D eigenvalue weighted by Crippen LogP contribution is 2.31. The molecule has 9 heteroatoms. The van der Waals surface area contributed by atoms with Crippen molar-refractivity contribution in [1.82, 2.24) is 23.1 Å². The van der Waals surface area contributed by atoms with Gasteiger partial charge < -0.3 is 9.47 Å². The van der Waals surface area contributed by atoms with Crippen LogP contribution in [-0.4, -0.2) is 37.3 Å². The first-order valence-corrected chi connectivity index (χ1v) is 10.2. The van der Waals surface area contributed by atoms with Crippen molar-refractivity contribution in [2.24, 2.45) is 13.0 Å². The maximum atomic E-state index is 13.3. The molecule has 0 aliphatic carbocycles. The number of aryl methyl sites for hydroxylation is 2. The van der Waals surface area contributed by atoms with Crippen LogP contribution in [-0.2, 0) is 13.6 Å². The molecule has 4 rings (SSSR count). The van der Waals surface area contributed by atoms with Crippen LogP contribution in [0.25, 0.3) is 22.6 Å². The lowest BCUT2D eigenvalue weighted by atomic mass is 10.1. The van der Waals surface area contributed by atoms with Crippen molar-refractivity contribution in [3.05, 3.63) is 50.9 Å². The first kappa shape index (κ1) is 20.8. The van der Waals surface area contributed by atoms with Gasteiger partial charge >= 0.3 is 5.69 Å². The summed E-state index contributed by atoms with van der Waals surface area (Å²) in [7, 11) is 4.84. The normalized spacial score (nSPS) is 11.7. The zero-order chi connectivity index (χ0) is 22.4. The lowest BCUT2D eigenvalue weighted by Gasteiger charge is -2.12. The van der Waals surface area contributed by atoms with Crippen LogP contribution in [0.1, 0.15) is 26.0 Å². The second-order valence-electron chi connectivity index (χ2n) is 8.08. The van der Waals surface area contributed by atoms with Gasteiger partial charge in [-0.15, -0.1) is 0 Å². The molecule has 0 atom stereocenters. The van der Waals surface area contributed by atoms with Crippen LogP contribution in [0.4, 0.5) is 0 Å². The highest BCUT2D eigenvalue weighted by atomic mass is 16.5. The molecule has 4 aromatic rings. The second-order valence-corrected chi connectivity index (χ2v) is 8.08. The van der Waals surface area contributed by atoms with E-state index >= 15 is 0 Å². The third kappa shape index (κ3) is 3.20. The van der Waals surface area contributed by atoms with E-state index in [1.54, 1.807) is 25.7 Å². The zero-order valence-corrected chi connectivity index (χ0v) is 18.7. The van der Waals surface area contributed by atoms with Gasteiger partial charge in [-0.1, -0.05) is 13.8 Å². The number of imidazole rings is 2. The summed E-state index contributed by atoms with van der Waals surface area (Å²) in [5.74, 6) is 2.20. The molecule has 0 radical (unpaired) electrons. The lowest BCUT2D eigenvalue weighted by molar-refractivity contribution is 0.401. The van der Waals surface area contributed by atoms with E-state index in [-0.39, 0.29) is 11.2 Å². The summed E-state index contributed by atoms with van der Waals surface area (Å²) in [5.41, 5.74) is 1.63. The van der Waals surface area contributed by atoms with E-state index in [9.17, 15) is 9.59 Å². The van der Waals surface area contributed by atoms with Crippen molar-refractivity contribution in [2.45, 2.75) is 33.7 Å². The van der Waals surface area contributed by atoms with Crippen LogP contribution in [0, 0.1) is 12.8 Å². The largest absolute Gasteiger partial charge is 0.497 e. The summed E-state index contributed by atoms with van der Waals surface area (Å²) in [6.07, 6.45) is 2.59. The minimum absolute atomic E-state index is 0.332. The van der Waals surface area contributed by atoms with E-state index in [1.165, 1.54) is 9.13 Å². The van der Waals surface area contributed by atoms with Gasteiger partial charge in [0.15, 0.2) is 11.2 Å². The standard InChI is InChI=1S/C22H27N5O4/c1-13(2)9-10-25-20(28)18-19(24(4)22(25)29)23-21-26(18)12-14(3)27(21)16-11-15(30-5)7-8-17(16)31-6/h7-8,11-13H,9-10H2,1-6H3. The van der Waals surface area contributed by atoms with E-state index in [1.807, 2.05) is 35.9 Å². The van der Waals surface area contributed by atoms with Crippen molar-refractivity contribution in [3.63, 3.8) is 0 Å². The first-order valence-electron chi connectivity index (χ1n) is 10.2. The van der Waals surface area contributed by atoms with Crippen molar-refractivity contribution in [3.8, 4) is 17.2 Å². The molecule has 0 amide bonds. The monoisotopic (exact) mass is 425 g/mol. The summed E-state index contributed by atoms with van der Waals surface area (Å²) in [5, 5.41) is 0. The van der Waals surface area contributed by atoms with Crippen LogP contribution in [0.15, 0.2) is 34.0 Å². The second kappa shape index (κ2) is 7.64. The van der Waals surface area contributed by atoms with E-state index in [2.05, 4.69) is 18.8 Å². The van der Waals surface area contributed by atoms with Crippen LogP contribution < -0.4 is 20.7 Å². The van der Waals surface area contributed by atoms with E-state index in [4.69, 9.17) is 9.47 Å². The number of ether oxygens (including phenoxy) is 2. The van der Waals surface area contributed by atoms with E-state index < -0.39 is 0 Å². The van der Waals surface area contributed by atoms with Gasteiger partial charge in [0.25, 0.3) is 5.56 Å². The number of aromatic nitrogens is 5. The van der Waals surface area contributed by atoms with Gasteiger partial charge in [-0.2, -0.15) is 4.98 Å². The first-order chi connectivity index (χ1) is 14.8. The molecule has 164 valence electrons. The molecular formula is C22H27N5O4. The number of methoxy groups -OCH3 is 2. The maximum Gasteiger partial charge on any atom is 0.332 e. The Labute approximate surface area is 179 Å². The Kier molecular flexibility index (Phi) is 5.12. The number of benzene rings is 1. The molecule has 0 saturated heterocycles. The summed E-state index contributed by atoms with van der Waals surface area (Å²) >= 11 is 0. The van der Waals surface area contributed by atoms with Crippen molar-refractivity contribution < 1.29 is 9.47 Å². The SMILES string of the molecule is COc1ccc(OC)c(-n2c(C)cn3c4c(=O)n(CCC(C)C)c(=O)n(C)c4nc23)c1. The molecule has 0 N–H and O–H groups in total. The number of hydrogen-bond acceptors (Lipinski definition) is 5. The fourth-order valence-corrected chi connectivity index (χ4v) is 3.86. The van der Waals surface area contributed by atoms with Gasteiger partial charge in [-0.3, -0.25) is 22.9 Å². The highest BCUT2D eigenvalue weighted by Gasteiger charge is 2.22. The van der Waals surface area contributed by atoms with Crippen LogP contribution >= 0.6 is 0 Å². The average molecular weight is 425 g/mol. The molecule has 3 aromatic heterocycles. The quantitative estimate of drug-likeness (QED) is 0.474. The number of rotatable bonds is 6. The fourth-order valence-electron chi connectivity index (χ4n) is 3.86. The minimum atomic E-state index is -0.360. The van der Waals surface area contributed by atoms with E-state index in [0.717, 1.165) is 17.8 Å². The minimum Gasteiger partial charge on any atom is -0.497 e. The smallest absolute Gasteiger partial charge is 0.332 e. The van der Waals surface area contributed by atoms with Crippen molar-refractivity contribution in [1.29, 1.82) is 0 Å². The van der Waals surface area contributed by atoms with E-state index in [0.29, 0.717) is 40.9 Å². The molecule has 9 nitrogen and oxygen atoms in total. The molecule has 0 unspecified atom stereocenters. The van der Waals surface area contributed by atoms with Gasteiger partial charge in [0.1, 0.15) is 11.5 Å². The molecule has 0 bridgehead atoms. The maximum absolute atomic E-state index is 13.3. The molecule has 0 fully saturated rings. The van der Waals surface area contributed by atoms with Gasteiger partial charge in [0, 0.05) is 31.5 Å². The third-order valence-electron chi connectivity index (χ3n) is 5.58. The predicted molar refractivity (Wildman–Crippen MR) is 119 cm³/mol. The Morgan fingerprint density at radius 3 is 2.52 bits per heavy atom. The lowest BCUT2D eigenvalue weighted by Crippen LogP contribution is -2.39. The molecule has 0 saturated carbocycles. The Balaban J connectivity index is 2.06. The topological polar surface area (TPSA) is 84.7 Å². The van der Waals surface area contributed by atoms with Crippen molar-refractivity contribution in [2.75, 3.05) is 14.2 Å². The van der Waals surface area contributed by atoms with Gasteiger partial charge in [-0.05, 0) is 31.4 Å². The summed E-state index contributed by atoms with van der Waals surface area (Å²) < 4.78 is 17.3. The Hall–Kier alpha value is -3.49. The van der Waals surface area contributed by atoms with Crippen LogP contribution in [0.5, 0.6) is 11.5 Å². The van der Waals surface area contributed by atoms with Crippen molar-refractivity contribution >= 4 is 16.9 Å². The number of hydrogen-bond donors (Lipinski definition) is 0. The van der Waals surface area contributed by atoms with Gasteiger partial charge in [0.05, 0.1) is 19.9 Å². The number of fused-ring (bicyclic) bond motifs is 3. The molecule has 0 spiro atoms. The third-order valence-corrected chi connectivity index (χ3v) is 5.58. The number of nitrogens with zero attached hydrogens (tertiary/aromatic N) is 5. The zero-order valence-electron chi connectivity index (χ0n) is 18.7. The van der Waals surface area contributed by atoms with Gasteiger partial charge in [0.2, 0.25) is 5.78 Å².